The highest BCUT2D eigenvalue weighted by Crippen LogP contribution is 1.94. The molecule has 2 N–H and O–H groups in total. The Kier molecular flexibility index (Phi) is 1.26. The average Bonchev–Trinajstić information content (AvgIpc) is 2.12. The molecule has 0 spiro atoms. The predicted molar refractivity (Wildman–Crippen MR) is 41.7 cm³/mol. The Balaban J connectivity index is 3.01. The van der Waals surface area contributed by atoms with Crippen molar-refractivity contribution in [3.63, 3.8) is 0 Å². The van der Waals surface area contributed by atoms with E-state index >= 15 is 0 Å². The summed E-state index contributed by atoms with van der Waals surface area (Å²) in [5.74, 6) is 5.26. The fourth-order valence-electron chi connectivity index (χ4n) is 0.868. The number of rotatable bonds is 0. The summed E-state index contributed by atoms with van der Waals surface area (Å²) < 4.78 is 0.872. The molecular weight excluding hydrogens is 158 g/mol. The largest absolute Gasteiger partial charge is 0.335 e. The van der Waals surface area contributed by atoms with E-state index in [1.54, 1.807) is 0 Å². The Morgan fingerprint density at radius 3 is 2.83 bits per heavy atom. The molecule has 0 saturated heterocycles. The third kappa shape index (κ3) is 0.815. The highest BCUT2D eigenvalue weighted by atomic mass is 16.1. The van der Waals surface area contributed by atoms with Gasteiger partial charge < -0.3 is 5.84 Å². The lowest BCUT2D eigenvalue weighted by molar-refractivity contribution is 0.901. The van der Waals surface area contributed by atoms with Crippen LogP contribution in [0, 0.1) is 0 Å². The molecule has 0 unspecified atom stereocenters. The van der Waals surface area contributed by atoms with Gasteiger partial charge in [0.2, 0.25) is 0 Å². The number of aromatic nitrogens is 4. The Morgan fingerprint density at radius 2 is 2.00 bits per heavy atom. The molecule has 0 aliphatic rings. The van der Waals surface area contributed by atoms with Crippen molar-refractivity contribution in [2.45, 2.75) is 0 Å². The summed E-state index contributed by atoms with van der Waals surface area (Å²) in [5.41, 5.74) is 0.0970. The van der Waals surface area contributed by atoms with E-state index in [4.69, 9.17) is 5.84 Å². The van der Waals surface area contributed by atoms with Crippen LogP contribution in [0.2, 0.25) is 0 Å². The van der Waals surface area contributed by atoms with Crippen LogP contribution in [-0.2, 0) is 0 Å². The van der Waals surface area contributed by atoms with Gasteiger partial charge in [0.15, 0.2) is 11.2 Å². The number of fused-ring (bicyclic) bond motifs is 1. The second-order valence-electron chi connectivity index (χ2n) is 2.19. The standard InChI is InChI=1S/C6H5N5O/c7-11-3-10-5-4(6(11)12)8-1-2-9-5/h1-3H,7H2. The lowest BCUT2D eigenvalue weighted by atomic mass is 10.5. The first kappa shape index (κ1) is 6.71. The maximum absolute atomic E-state index is 11.2. The van der Waals surface area contributed by atoms with E-state index in [9.17, 15) is 4.79 Å². The lowest BCUT2D eigenvalue weighted by Crippen LogP contribution is -2.27. The number of nitrogen functional groups attached to an aromatic ring is 1. The highest BCUT2D eigenvalue weighted by molar-refractivity contribution is 5.66. The summed E-state index contributed by atoms with van der Waals surface area (Å²) in [5, 5.41) is 0. The highest BCUT2D eigenvalue weighted by Gasteiger charge is 2.01. The number of nitrogens with zero attached hydrogens (tertiary/aromatic N) is 4. The molecule has 0 radical (unpaired) electrons. The van der Waals surface area contributed by atoms with Crippen molar-refractivity contribution in [3.05, 3.63) is 29.1 Å². The SMILES string of the molecule is Nn1cnc2nccnc2c1=O. The predicted octanol–water partition coefficient (Wildman–Crippen LogP) is -1.10. The van der Waals surface area contributed by atoms with Gasteiger partial charge in [-0.1, -0.05) is 0 Å². The first-order valence-corrected chi connectivity index (χ1v) is 3.22. The second kappa shape index (κ2) is 2.26. The van der Waals surface area contributed by atoms with Crippen LogP contribution in [0.5, 0.6) is 0 Å². The third-order valence-corrected chi connectivity index (χ3v) is 1.42. The van der Waals surface area contributed by atoms with Crippen molar-refractivity contribution in [2.75, 3.05) is 5.84 Å². The van der Waals surface area contributed by atoms with Crippen molar-refractivity contribution in [2.24, 2.45) is 0 Å². The molecule has 2 aromatic rings. The smallest absolute Gasteiger partial charge is 0.299 e. The van der Waals surface area contributed by atoms with Gasteiger partial charge in [-0.3, -0.25) is 4.79 Å². The molecule has 60 valence electrons. The van der Waals surface area contributed by atoms with E-state index in [0.717, 1.165) is 4.68 Å². The Labute approximate surface area is 66.7 Å². The maximum Gasteiger partial charge on any atom is 0.299 e. The van der Waals surface area contributed by atoms with Crippen LogP contribution in [-0.4, -0.2) is 19.6 Å². The van der Waals surface area contributed by atoms with Crippen molar-refractivity contribution in [3.8, 4) is 0 Å². The molecule has 0 saturated carbocycles. The summed E-state index contributed by atoms with van der Waals surface area (Å²) in [6.07, 6.45) is 4.10. The van der Waals surface area contributed by atoms with Gasteiger partial charge in [-0.05, 0) is 0 Å². The monoisotopic (exact) mass is 163 g/mol. The van der Waals surface area contributed by atoms with E-state index in [1.165, 1.54) is 18.7 Å². The summed E-state index contributed by atoms with van der Waals surface area (Å²) in [6.45, 7) is 0. The zero-order valence-electron chi connectivity index (χ0n) is 6.01. The first-order valence-electron chi connectivity index (χ1n) is 3.22. The molecule has 0 fully saturated rings. The summed E-state index contributed by atoms with van der Waals surface area (Å²) >= 11 is 0. The van der Waals surface area contributed by atoms with Crippen LogP contribution < -0.4 is 11.4 Å². The van der Waals surface area contributed by atoms with E-state index in [1.807, 2.05) is 0 Å². The van der Waals surface area contributed by atoms with Crippen LogP contribution in [0.3, 0.4) is 0 Å². The molecule has 0 aliphatic carbocycles. The average molecular weight is 163 g/mol. The molecule has 0 bridgehead atoms. The van der Waals surface area contributed by atoms with E-state index in [2.05, 4.69) is 15.0 Å². The van der Waals surface area contributed by atoms with Crippen LogP contribution in [0.1, 0.15) is 0 Å². The van der Waals surface area contributed by atoms with Gasteiger partial charge in [0.25, 0.3) is 5.56 Å². The van der Waals surface area contributed by atoms with Crippen molar-refractivity contribution in [1.29, 1.82) is 0 Å². The Bertz CT molecular complexity index is 477. The van der Waals surface area contributed by atoms with Crippen LogP contribution >= 0.6 is 0 Å². The minimum absolute atomic E-state index is 0.183. The van der Waals surface area contributed by atoms with Gasteiger partial charge >= 0.3 is 0 Å². The van der Waals surface area contributed by atoms with Crippen LogP contribution in [0.4, 0.5) is 0 Å². The molecule has 12 heavy (non-hydrogen) atoms. The second-order valence-corrected chi connectivity index (χ2v) is 2.19. The topological polar surface area (TPSA) is 86.7 Å². The van der Waals surface area contributed by atoms with Crippen LogP contribution in [0.25, 0.3) is 11.2 Å². The Hall–Kier alpha value is -1.98. The molecule has 2 rings (SSSR count). The summed E-state index contributed by atoms with van der Waals surface area (Å²) in [7, 11) is 0. The van der Waals surface area contributed by atoms with Gasteiger partial charge in [-0.2, -0.15) is 0 Å². The molecule has 0 aromatic carbocycles. The fraction of sp³-hybridized carbons (Fsp3) is 0. The number of hydrogen-bond acceptors (Lipinski definition) is 5. The van der Waals surface area contributed by atoms with Gasteiger partial charge in [0.1, 0.15) is 6.33 Å². The quantitative estimate of drug-likeness (QED) is 0.498. The number of nitrogens with two attached hydrogens (primary N) is 1. The molecule has 2 heterocycles. The summed E-state index contributed by atoms with van der Waals surface area (Å²) in [6, 6.07) is 0. The van der Waals surface area contributed by atoms with Gasteiger partial charge in [0.05, 0.1) is 0 Å². The number of hydrogen-bond donors (Lipinski definition) is 1. The fourth-order valence-corrected chi connectivity index (χ4v) is 0.868. The zero-order valence-corrected chi connectivity index (χ0v) is 6.01. The van der Waals surface area contributed by atoms with Crippen LogP contribution in [0.15, 0.2) is 23.5 Å². The molecule has 0 aliphatic heterocycles. The molecule has 6 heteroatoms. The molecule has 6 nitrogen and oxygen atoms in total. The van der Waals surface area contributed by atoms with E-state index in [0.29, 0.717) is 5.65 Å². The first-order chi connectivity index (χ1) is 5.79. The van der Waals surface area contributed by atoms with Crippen molar-refractivity contribution >= 4 is 11.2 Å². The van der Waals surface area contributed by atoms with Crippen molar-refractivity contribution in [1.82, 2.24) is 19.6 Å². The van der Waals surface area contributed by atoms with Crippen molar-refractivity contribution < 1.29 is 0 Å². The minimum Gasteiger partial charge on any atom is -0.335 e. The zero-order chi connectivity index (χ0) is 8.55. The van der Waals surface area contributed by atoms with E-state index < -0.39 is 5.56 Å². The Morgan fingerprint density at radius 1 is 1.25 bits per heavy atom. The molecule has 0 atom stereocenters. The molecule has 2 aromatic heterocycles. The normalized spacial score (nSPS) is 10.3. The third-order valence-electron chi connectivity index (χ3n) is 1.42. The van der Waals surface area contributed by atoms with Gasteiger partial charge in [0, 0.05) is 12.4 Å². The van der Waals surface area contributed by atoms with Gasteiger partial charge in [-0.15, -0.1) is 0 Å². The summed E-state index contributed by atoms with van der Waals surface area (Å²) in [4.78, 5) is 22.7. The van der Waals surface area contributed by atoms with E-state index in [-0.39, 0.29) is 5.52 Å². The minimum atomic E-state index is -0.395. The van der Waals surface area contributed by atoms with Gasteiger partial charge in [-0.25, -0.2) is 19.6 Å². The maximum atomic E-state index is 11.2. The lowest BCUT2D eigenvalue weighted by Gasteiger charge is -1.96. The molecular formula is C6H5N5O. The molecule has 0 amide bonds.